The van der Waals surface area contributed by atoms with Gasteiger partial charge in [0.1, 0.15) is 12.3 Å². The molecule has 4 unspecified atom stereocenters. The number of β-lactam (4-membered cyclic amide) rings is 1. The first-order chi connectivity index (χ1) is 11.3. The molecule has 3 aliphatic rings. The van der Waals surface area contributed by atoms with Crippen LogP contribution in [-0.4, -0.2) is 55.2 Å². The largest absolute Gasteiger partial charge is 0.358 e. The van der Waals surface area contributed by atoms with E-state index in [0.29, 0.717) is 19.6 Å². The molecule has 23 heavy (non-hydrogen) atoms. The Bertz CT molecular complexity index is 456. The predicted octanol–water partition coefficient (Wildman–Crippen LogP) is 2.34. The minimum absolute atomic E-state index is 0.131. The smallest absolute Gasteiger partial charge is 0.236 e. The molecule has 0 N–H and O–H groups in total. The zero-order valence-corrected chi connectivity index (χ0v) is 13.3. The summed E-state index contributed by atoms with van der Waals surface area (Å²) in [5.41, 5.74) is 8.67. The van der Waals surface area contributed by atoms with Gasteiger partial charge in [-0.2, -0.15) is 0 Å². The molecular formula is C15H24N4O4. The second-order valence-corrected chi connectivity index (χ2v) is 6.24. The summed E-state index contributed by atoms with van der Waals surface area (Å²) in [6.45, 7) is 1.92. The number of hydrogen-bond acceptors (Lipinski definition) is 5. The van der Waals surface area contributed by atoms with E-state index in [4.69, 9.17) is 19.7 Å². The SMILES string of the molecule is [N-]=[N+]=NC1C(=O)N(C2CCCCO2)C1CCOC1CCCCO1. The lowest BCUT2D eigenvalue weighted by Crippen LogP contribution is -2.68. The number of hydrogen-bond donors (Lipinski definition) is 0. The van der Waals surface area contributed by atoms with Crippen molar-refractivity contribution >= 4 is 5.91 Å². The number of amides is 1. The van der Waals surface area contributed by atoms with Crippen LogP contribution in [0.2, 0.25) is 0 Å². The van der Waals surface area contributed by atoms with Crippen molar-refractivity contribution in [3.8, 4) is 0 Å². The number of carbonyl (C=O) groups excluding carboxylic acids is 1. The Morgan fingerprint density at radius 2 is 2.00 bits per heavy atom. The highest BCUT2D eigenvalue weighted by molar-refractivity contribution is 5.89. The Morgan fingerprint density at radius 1 is 1.22 bits per heavy atom. The third-order valence-corrected chi connectivity index (χ3v) is 4.73. The molecule has 1 amide bonds. The van der Waals surface area contributed by atoms with E-state index in [9.17, 15) is 4.79 Å². The maximum absolute atomic E-state index is 12.2. The minimum Gasteiger partial charge on any atom is -0.358 e. The van der Waals surface area contributed by atoms with Gasteiger partial charge in [0.05, 0.1) is 12.6 Å². The summed E-state index contributed by atoms with van der Waals surface area (Å²) in [5.74, 6) is -0.131. The number of likely N-dealkylation sites (tertiary alicyclic amines) is 1. The van der Waals surface area contributed by atoms with Crippen LogP contribution < -0.4 is 0 Å². The third kappa shape index (κ3) is 3.77. The first kappa shape index (κ1) is 16.5. The van der Waals surface area contributed by atoms with Gasteiger partial charge >= 0.3 is 0 Å². The maximum atomic E-state index is 12.2. The molecule has 3 saturated heterocycles. The Labute approximate surface area is 135 Å². The topological polar surface area (TPSA) is 96.8 Å². The first-order valence-corrected chi connectivity index (χ1v) is 8.52. The van der Waals surface area contributed by atoms with E-state index in [1.165, 1.54) is 0 Å². The van der Waals surface area contributed by atoms with Gasteiger partial charge in [0.25, 0.3) is 0 Å². The van der Waals surface area contributed by atoms with Gasteiger partial charge in [0.2, 0.25) is 5.91 Å². The molecule has 0 aromatic rings. The second kappa shape index (κ2) is 7.97. The van der Waals surface area contributed by atoms with Gasteiger partial charge in [-0.1, -0.05) is 5.11 Å². The van der Waals surface area contributed by atoms with Crippen LogP contribution in [0.3, 0.4) is 0 Å². The predicted molar refractivity (Wildman–Crippen MR) is 81.3 cm³/mol. The summed E-state index contributed by atoms with van der Waals surface area (Å²) in [5, 5.41) is 3.65. The summed E-state index contributed by atoms with van der Waals surface area (Å²) in [6, 6.07) is -0.758. The summed E-state index contributed by atoms with van der Waals surface area (Å²) in [4.78, 5) is 16.8. The molecule has 4 atom stereocenters. The molecule has 0 radical (unpaired) electrons. The molecule has 0 bridgehead atoms. The van der Waals surface area contributed by atoms with E-state index >= 15 is 0 Å². The van der Waals surface area contributed by atoms with Crippen LogP contribution in [0.25, 0.3) is 10.4 Å². The number of carbonyl (C=O) groups is 1. The Balaban J connectivity index is 1.53. The molecule has 3 heterocycles. The highest BCUT2D eigenvalue weighted by atomic mass is 16.7. The average Bonchev–Trinajstić information content (AvgIpc) is 2.60. The molecule has 0 aromatic carbocycles. The summed E-state index contributed by atoms with van der Waals surface area (Å²) in [7, 11) is 0. The summed E-state index contributed by atoms with van der Waals surface area (Å²) in [6.07, 6.45) is 6.36. The molecular weight excluding hydrogens is 300 g/mol. The van der Waals surface area contributed by atoms with Gasteiger partial charge in [-0.25, -0.2) is 0 Å². The van der Waals surface area contributed by atoms with Crippen molar-refractivity contribution in [2.45, 2.75) is 69.5 Å². The molecule has 3 aliphatic heterocycles. The number of ether oxygens (including phenoxy) is 3. The van der Waals surface area contributed by atoms with Crippen LogP contribution in [-0.2, 0) is 19.0 Å². The molecule has 0 aromatic heterocycles. The van der Waals surface area contributed by atoms with Crippen molar-refractivity contribution < 1.29 is 19.0 Å². The van der Waals surface area contributed by atoms with Crippen LogP contribution in [0.15, 0.2) is 5.11 Å². The Hall–Kier alpha value is -1.34. The van der Waals surface area contributed by atoms with E-state index in [2.05, 4.69) is 10.0 Å². The van der Waals surface area contributed by atoms with Gasteiger partial charge < -0.3 is 19.1 Å². The molecule has 8 heteroatoms. The maximum Gasteiger partial charge on any atom is 0.236 e. The standard InChI is InChI=1S/C15H24N4O4/c16-18-17-14-11(7-10-23-13-6-2-4-9-22-13)19(15(14)20)12-5-1-3-8-21-12/h11-14H,1-10H2. The average molecular weight is 324 g/mol. The van der Waals surface area contributed by atoms with E-state index in [-0.39, 0.29) is 24.5 Å². The van der Waals surface area contributed by atoms with Crippen molar-refractivity contribution in [2.24, 2.45) is 5.11 Å². The highest BCUT2D eigenvalue weighted by Crippen LogP contribution is 2.32. The summed E-state index contributed by atoms with van der Waals surface area (Å²) >= 11 is 0. The molecule has 8 nitrogen and oxygen atoms in total. The molecule has 128 valence electrons. The van der Waals surface area contributed by atoms with Crippen LogP contribution in [0.1, 0.15) is 44.9 Å². The van der Waals surface area contributed by atoms with Crippen LogP contribution in [0.4, 0.5) is 0 Å². The van der Waals surface area contributed by atoms with Gasteiger partial charge in [0.15, 0.2) is 6.29 Å². The van der Waals surface area contributed by atoms with Gasteiger partial charge in [-0.15, -0.1) is 0 Å². The van der Waals surface area contributed by atoms with E-state index in [1.807, 2.05) is 0 Å². The van der Waals surface area contributed by atoms with E-state index in [1.54, 1.807) is 4.90 Å². The van der Waals surface area contributed by atoms with Gasteiger partial charge in [-0.05, 0) is 50.5 Å². The highest BCUT2D eigenvalue weighted by Gasteiger charge is 2.50. The first-order valence-electron chi connectivity index (χ1n) is 8.52. The van der Waals surface area contributed by atoms with Crippen LogP contribution >= 0.6 is 0 Å². The van der Waals surface area contributed by atoms with Crippen molar-refractivity contribution in [2.75, 3.05) is 19.8 Å². The lowest BCUT2D eigenvalue weighted by molar-refractivity contribution is -0.188. The van der Waals surface area contributed by atoms with Crippen LogP contribution in [0.5, 0.6) is 0 Å². The zero-order chi connectivity index (χ0) is 16.1. The zero-order valence-electron chi connectivity index (χ0n) is 13.3. The van der Waals surface area contributed by atoms with Crippen LogP contribution in [0, 0.1) is 0 Å². The second-order valence-electron chi connectivity index (χ2n) is 6.24. The fourth-order valence-electron chi connectivity index (χ4n) is 3.49. The molecule has 3 rings (SSSR count). The Morgan fingerprint density at radius 3 is 2.65 bits per heavy atom. The van der Waals surface area contributed by atoms with Crippen molar-refractivity contribution in [1.82, 2.24) is 4.90 Å². The van der Waals surface area contributed by atoms with Crippen molar-refractivity contribution in [3.63, 3.8) is 0 Å². The fraction of sp³-hybridized carbons (Fsp3) is 0.933. The monoisotopic (exact) mass is 324 g/mol. The molecule has 0 aliphatic carbocycles. The van der Waals surface area contributed by atoms with Gasteiger partial charge in [0, 0.05) is 18.1 Å². The Kier molecular flexibility index (Phi) is 5.72. The molecule has 0 spiro atoms. The normalized spacial score (nSPS) is 34.6. The summed E-state index contributed by atoms with van der Waals surface area (Å²) < 4.78 is 17.0. The third-order valence-electron chi connectivity index (χ3n) is 4.73. The lowest BCUT2D eigenvalue weighted by Gasteiger charge is -2.50. The van der Waals surface area contributed by atoms with E-state index in [0.717, 1.165) is 45.1 Å². The number of azide groups is 1. The quantitative estimate of drug-likeness (QED) is 0.324. The van der Waals surface area contributed by atoms with Gasteiger partial charge in [-0.3, -0.25) is 4.79 Å². The minimum atomic E-state index is -0.624. The molecule has 3 fully saturated rings. The van der Waals surface area contributed by atoms with E-state index < -0.39 is 6.04 Å². The molecule has 0 saturated carbocycles. The van der Waals surface area contributed by atoms with Crippen molar-refractivity contribution in [3.05, 3.63) is 10.4 Å². The lowest BCUT2D eigenvalue weighted by atomic mass is 9.91. The number of nitrogens with zero attached hydrogens (tertiary/aromatic N) is 4. The number of rotatable bonds is 6. The van der Waals surface area contributed by atoms with Crippen molar-refractivity contribution in [1.29, 1.82) is 0 Å². The fourth-order valence-corrected chi connectivity index (χ4v) is 3.49.